The molecule has 0 saturated carbocycles. The van der Waals surface area contributed by atoms with E-state index in [9.17, 15) is 14.2 Å². The van der Waals surface area contributed by atoms with Crippen LogP contribution >= 0.6 is 7.82 Å². The van der Waals surface area contributed by atoms with Crippen LogP contribution in [0.3, 0.4) is 0 Å². The monoisotopic (exact) mass is 749 g/mol. The van der Waals surface area contributed by atoms with Gasteiger partial charge < -0.3 is 19.3 Å². The molecule has 1 atom stereocenters. The predicted molar refractivity (Wildman–Crippen MR) is 216 cm³/mol. The van der Waals surface area contributed by atoms with Crippen LogP contribution in [-0.2, 0) is 28.2 Å². The molecule has 9 heteroatoms. The summed E-state index contributed by atoms with van der Waals surface area (Å²) in [4.78, 5) is 42.5. The number of carbonyl (C=O) groups excluding carboxylic acids is 2. The summed E-state index contributed by atoms with van der Waals surface area (Å²) in [5.74, 6) is -1.45. The Hall–Kier alpha value is -2.51. The van der Waals surface area contributed by atoms with Crippen LogP contribution in [-0.4, -0.2) is 41.0 Å². The number of ether oxygens (including phenoxy) is 2. The molecule has 0 aromatic heterocycles. The molecule has 0 amide bonds. The van der Waals surface area contributed by atoms with Gasteiger partial charge in [-0.1, -0.05) is 203 Å². The molecular formula is C43H73O8P. The van der Waals surface area contributed by atoms with Crippen molar-refractivity contribution in [2.24, 2.45) is 0 Å². The Labute approximate surface area is 317 Å². The first-order valence-electron chi connectivity index (χ1n) is 20.4. The molecule has 0 aliphatic heterocycles. The largest absolute Gasteiger partial charge is 0.469 e. The number of esters is 2. The van der Waals surface area contributed by atoms with Crippen molar-refractivity contribution in [2.45, 2.75) is 174 Å². The van der Waals surface area contributed by atoms with Crippen LogP contribution in [0.2, 0.25) is 0 Å². The van der Waals surface area contributed by atoms with Gasteiger partial charge in [0.2, 0.25) is 0 Å². The molecule has 298 valence electrons. The van der Waals surface area contributed by atoms with Gasteiger partial charge in [0.25, 0.3) is 0 Å². The van der Waals surface area contributed by atoms with Crippen LogP contribution in [0.25, 0.3) is 0 Å². The second kappa shape index (κ2) is 38.2. The van der Waals surface area contributed by atoms with Crippen LogP contribution in [0, 0.1) is 0 Å². The molecule has 0 saturated heterocycles. The average molecular weight is 749 g/mol. The van der Waals surface area contributed by atoms with Gasteiger partial charge in [0.15, 0.2) is 6.10 Å². The zero-order valence-corrected chi connectivity index (χ0v) is 33.6. The Morgan fingerprint density at radius 3 is 1.27 bits per heavy atom. The summed E-state index contributed by atoms with van der Waals surface area (Å²) in [6.45, 7) is 3.44. The highest BCUT2D eigenvalue weighted by molar-refractivity contribution is 7.46. The number of phosphoric ester groups is 1. The van der Waals surface area contributed by atoms with Gasteiger partial charge in [-0.15, -0.1) is 0 Å². The lowest BCUT2D eigenvalue weighted by Gasteiger charge is -2.17. The Morgan fingerprint density at radius 1 is 0.500 bits per heavy atom. The van der Waals surface area contributed by atoms with Gasteiger partial charge in [0.1, 0.15) is 6.61 Å². The fraction of sp³-hybridized carbons (Fsp3) is 0.674. The van der Waals surface area contributed by atoms with E-state index in [1.807, 2.05) is 24.3 Å². The van der Waals surface area contributed by atoms with E-state index in [0.29, 0.717) is 0 Å². The van der Waals surface area contributed by atoms with Crippen molar-refractivity contribution in [1.29, 1.82) is 0 Å². The minimum atomic E-state index is -4.81. The maximum atomic E-state index is 12.2. The maximum absolute atomic E-state index is 12.2. The molecule has 0 radical (unpaired) electrons. The molecule has 0 aromatic rings. The highest BCUT2D eigenvalue weighted by Crippen LogP contribution is 2.35. The molecule has 0 aliphatic carbocycles. The molecule has 0 fully saturated rings. The second-order valence-corrected chi connectivity index (χ2v) is 14.7. The Bertz CT molecular complexity index is 1070. The molecule has 0 spiro atoms. The van der Waals surface area contributed by atoms with Crippen LogP contribution in [0.4, 0.5) is 0 Å². The fourth-order valence-corrected chi connectivity index (χ4v) is 5.81. The summed E-state index contributed by atoms with van der Waals surface area (Å²) < 4.78 is 25.9. The van der Waals surface area contributed by atoms with Crippen LogP contribution < -0.4 is 0 Å². The summed E-state index contributed by atoms with van der Waals surface area (Å²) >= 11 is 0. The second-order valence-electron chi connectivity index (χ2n) is 13.5. The van der Waals surface area contributed by atoms with Gasteiger partial charge in [-0.25, -0.2) is 14.2 Å². The van der Waals surface area contributed by atoms with Crippen LogP contribution in [0.5, 0.6) is 0 Å². The molecule has 1 unspecified atom stereocenters. The molecular weight excluding hydrogens is 675 g/mol. The third-order valence-electron chi connectivity index (χ3n) is 8.48. The van der Waals surface area contributed by atoms with E-state index in [-0.39, 0.29) is 0 Å². The number of hydrogen-bond donors (Lipinski definition) is 2. The molecule has 2 N–H and O–H groups in total. The quantitative estimate of drug-likeness (QED) is 0.0214. The molecule has 52 heavy (non-hydrogen) atoms. The van der Waals surface area contributed by atoms with Crippen LogP contribution in [0.1, 0.15) is 168 Å². The van der Waals surface area contributed by atoms with Crippen molar-refractivity contribution < 1.29 is 37.9 Å². The molecule has 0 aromatic carbocycles. The molecule has 0 heterocycles. The first kappa shape index (κ1) is 49.5. The highest BCUT2D eigenvalue weighted by atomic mass is 31.2. The van der Waals surface area contributed by atoms with E-state index in [1.54, 1.807) is 12.2 Å². The lowest BCUT2D eigenvalue weighted by Crippen LogP contribution is -2.28. The van der Waals surface area contributed by atoms with Crippen molar-refractivity contribution in [1.82, 2.24) is 0 Å². The van der Waals surface area contributed by atoms with Gasteiger partial charge in [-0.2, -0.15) is 0 Å². The third kappa shape index (κ3) is 40.3. The normalized spacial score (nSPS) is 13.2. The lowest BCUT2D eigenvalue weighted by molar-refractivity contribution is -0.154. The van der Waals surface area contributed by atoms with Crippen molar-refractivity contribution in [2.75, 3.05) is 13.2 Å². The highest BCUT2D eigenvalue weighted by Gasteiger charge is 2.22. The SMILES string of the molecule is CCCCCCCCCCCCC/C=C/C=C/C=C/C(=O)OCC(COP(=O)(O)O)OC(=O)/C=C/C=C/C=C/CCCCCCCCCCCCC. The van der Waals surface area contributed by atoms with Crippen molar-refractivity contribution >= 4 is 19.8 Å². The van der Waals surface area contributed by atoms with E-state index in [1.165, 1.54) is 159 Å². The van der Waals surface area contributed by atoms with E-state index in [2.05, 4.69) is 30.5 Å². The van der Waals surface area contributed by atoms with E-state index >= 15 is 0 Å². The Kier molecular flexibility index (Phi) is 36.4. The first-order valence-corrected chi connectivity index (χ1v) is 21.9. The fourth-order valence-electron chi connectivity index (χ4n) is 5.45. The number of hydrogen-bond acceptors (Lipinski definition) is 6. The average Bonchev–Trinajstić information content (AvgIpc) is 3.11. The topological polar surface area (TPSA) is 119 Å². The number of allylic oxidation sites excluding steroid dienone is 10. The zero-order valence-electron chi connectivity index (χ0n) is 32.7. The summed E-state index contributed by atoms with van der Waals surface area (Å²) in [6, 6.07) is 0. The predicted octanol–water partition coefficient (Wildman–Crippen LogP) is 12.3. The van der Waals surface area contributed by atoms with Crippen molar-refractivity contribution in [3.8, 4) is 0 Å². The number of carbonyl (C=O) groups is 2. The molecule has 0 aliphatic rings. The smallest absolute Gasteiger partial charge is 0.458 e. The summed E-state index contributed by atoms with van der Waals surface area (Å²) in [6.07, 6.45) is 50.4. The van der Waals surface area contributed by atoms with Crippen molar-refractivity contribution in [3.63, 3.8) is 0 Å². The summed E-state index contributed by atoms with van der Waals surface area (Å²) in [5, 5.41) is 0. The molecule has 8 nitrogen and oxygen atoms in total. The summed E-state index contributed by atoms with van der Waals surface area (Å²) in [7, 11) is -4.81. The van der Waals surface area contributed by atoms with Gasteiger partial charge in [-0.3, -0.25) is 4.52 Å². The minimum absolute atomic E-state index is 0.428. The van der Waals surface area contributed by atoms with E-state index in [0.717, 1.165) is 19.3 Å². The van der Waals surface area contributed by atoms with E-state index < -0.39 is 39.1 Å². The van der Waals surface area contributed by atoms with Crippen molar-refractivity contribution in [3.05, 3.63) is 72.9 Å². The number of rotatable bonds is 36. The molecule has 0 bridgehead atoms. The Balaban J connectivity index is 4.23. The van der Waals surface area contributed by atoms with E-state index in [4.69, 9.17) is 19.3 Å². The minimum Gasteiger partial charge on any atom is -0.458 e. The third-order valence-corrected chi connectivity index (χ3v) is 8.96. The Morgan fingerprint density at radius 2 is 0.865 bits per heavy atom. The number of unbranched alkanes of at least 4 members (excludes halogenated alkanes) is 22. The van der Waals surface area contributed by atoms with Gasteiger partial charge in [0, 0.05) is 12.2 Å². The zero-order chi connectivity index (χ0) is 38.2. The standard InChI is InChI=1S/C43H73O8P/c1-3-5-7-9-11-13-15-17-19-21-23-25-27-29-31-33-35-37-42(44)49-39-41(40-50-52(46,47)48)51-43(45)38-36-34-32-30-28-26-24-22-20-18-16-14-12-10-8-6-4-2/h27-38,41H,3-26,39-40H2,1-2H3,(H2,46,47,48)/b29-27+,30-28+,33-31+,34-32+,37-35+,38-36+. The molecule has 0 rings (SSSR count). The van der Waals surface area contributed by atoms with Gasteiger partial charge in [-0.05, 0) is 25.7 Å². The number of phosphoric acid groups is 1. The lowest BCUT2D eigenvalue weighted by atomic mass is 10.1. The summed E-state index contributed by atoms with van der Waals surface area (Å²) in [5.41, 5.74) is 0. The maximum Gasteiger partial charge on any atom is 0.469 e. The van der Waals surface area contributed by atoms with Gasteiger partial charge in [0.05, 0.1) is 6.61 Å². The first-order chi connectivity index (χ1) is 25.3. The van der Waals surface area contributed by atoms with Crippen LogP contribution in [0.15, 0.2) is 72.9 Å². The van der Waals surface area contributed by atoms with Gasteiger partial charge >= 0.3 is 19.8 Å².